The minimum absolute atomic E-state index is 0.00969. The number of fused-ring (bicyclic) bond motifs is 3. The molecule has 0 aliphatic carbocycles. The molecule has 4 heterocycles. The maximum atomic E-state index is 12.6. The Balaban J connectivity index is 1.55. The van der Waals surface area contributed by atoms with E-state index in [4.69, 9.17) is 4.42 Å². The van der Waals surface area contributed by atoms with Crippen LogP contribution in [0.1, 0.15) is 35.5 Å². The number of alkyl halides is 3. The summed E-state index contributed by atoms with van der Waals surface area (Å²) in [5.74, 6) is -1.47. The highest BCUT2D eigenvalue weighted by atomic mass is 19.4. The van der Waals surface area contributed by atoms with Crippen molar-refractivity contribution in [2.45, 2.75) is 43.6 Å². The highest BCUT2D eigenvalue weighted by Crippen LogP contribution is 2.33. The molecule has 8 heteroatoms. The standard InChI is InChI=1S/C15H14F3N3O2/c16-15(17,18)13-4-7-3-11(19-6-12(7)23-13)14(22)21-10-5-8-1-2-9(10)20-8/h3-4,6,8-10,20H,1-2,5H2,(H,21,22)/t8-,9+,10-/m1/s1. The molecule has 0 unspecified atom stereocenters. The number of halogens is 3. The Kier molecular flexibility index (Phi) is 3.12. The SMILES string of the molecule is O=C(N[C@@H]1C[C@H]2CC[C@@H]1N2)c1cc2cc(C(F)(F)F)oc2cn1. The summed E-state index contributed by atoms with van der Waals surface area (Å²) in [5.41, 5.74) is 0.102. The fourth-order valence-electron chi connectivity index (χ4n) is 3.44. The van der Waals surface area contributed by atoms with Crippen molar-refractivity contribution in [2.24, 2.45) is 0 Å². The first kappa shape index (κ1) is 14.5. The van der Waals surface area contributed by atoms with Crippen LogP contribution in [0.5, 0.6) is 0 Å². The van der Waals surface area contributed by atoms with Gasteiger partial charge in [-0.25, -0.2) is 4.98 Å². The van der Waals surface area contributed by atoms with Gasteiger partial charge in [0.1, 0.15) is 5.69 Å². The molecule has 23 heavy (non-hydrogen) atoms. The molecule has 3 atom stereocenters. The first-order valence-corrected chi connectivity index (χ1v) is 7.44. The number of nitrogens with zero attached hydrogens (tertiary/aromatic N) is 1. The molecule has 2 aliphatic heterocycles. The maximum absolute atomic E-state index is 12.6. The number of carbonyl (C=O) groups excluding carboxylic acids is 1. The zero-order valence-corrected chi connectivity index (χ0v) is 12.0. The van der Waals surface area contributed by atoms with Crippen molar-refractivity contribution < 1.29 is 22.4 Å². The summed E-state index contributed by atoms with van der Waals surface area (Å²) in [6.07, 6.45) is -0.382. The Labute approximate surface area is 129 Å². The second-order valence-corrected chi connectivity index (χ2v) is 6.08. The second kappa shape index (κ2) is 4.95. The van der Waals surface area contributed by atoms with Crippen LogP contribution in [0.2, 0.25) is 0 Å². The van der Waals surface area contributed by atoms with Crippen LogP contribution in [0.25, 0.3) is 11.0 Å². The predicted molar refractivity (Wildman–Crippen MR) is 74.8 cm³/mol. The Bertz CT molecular complexity index is 771. The number of hydrogen-bond donors (Lipinski definition) is 2. The topological polar surface area (TPSA) is 67.2 Å². The molecule has 4 rings (SSSR count). The molecule has 2 N–H and O–H groups in total. The number of nitrogens with one attached hydrogen (secondary N) is 2. The number of hydrogen-bond acceptors (Lipinski definition) is 4. The first-order chi connectivity index (χ1) is 10.9. The van der Waals surface area contributed by atoms with Crippen LogP contribution < -0.4 is 10.6 Å². The third kappa shape index (κ3) is 2.56. The number of rotatable bonds is 2. The quantitative estimate of drug-likeness (QED) is 0.890. The van der Waals surface area contributed by atoms with E-state index in [0.29, 0.717) is 6.04 Å². The van der Waals surface area contributed by atoms with Gasteiger partial charge in [-0.1, -0.05) is 0 Å². The minimum atomic E-state index is -4.56. The zero-order valence-electron chi connectivity index (χ0n) is 12.0. The molecule has 2 fully saturated rings. The lowest BCUT2D eigenvalue weighted by atomic mass is 9.95. The van der Waals surface area contributed by atoms with Gasteiger partial charge in [0.05, 0.1) is 6.20 Å². The Hall–Kier alpha value is -2.09. The second-order valence-electron chi connectivity index (χ2n) is 6.08. The predicted octanol–water partition coefficient (Wildman–Crippen LogP) is 2.47. The average Bonchev–Trinajstić information content (AvgIpc) is 3.20. The summed E-state index contributed by atoms with van der Waals surface area (Å²) in [7, 11) is 0. The van der Waals surface area contributed by atoms with Crippen LogP contribution in [0.3, 0.4) is 0 Å². The normalized spacial score (nSPS) is 26.8. The van der Waals surface area contributed by atoms with Crippen molar-refractivity contribution in [1.82, 2.24) is 15.6 Å². The van der Waals surface area contributed by atoms with E-state index in [0.717, 1.165) is 31.5 Å². The fraction of sp³-hybridized carbons (Fsp3) is 0.467. The van der Waals surface area contributed by atoms with Crippen molar-refractivity contribution in [3.8, 4) is 0 Å². The molecular formula is C15H14F3N3O2. The number of furan rings is 1. The summed E-state index contributed by atoms with van der Waals surface area (Å²) in [5, 5.41) is 6.53. The highest BCUT2D eigenvalue weighted by Gasteiger charge is 2.40. The summed E-state index contributed by atoms with van der Waals surface area (Å²) in [4.78, 5) is 16.2. The molecule has 0 spiro atoms. The lowest BCUT2D eigenvalue weighted by molar-refractivity contribution is -0.152. The summed E-state index contributed by atoms with van der Waals surface area (Å²) in [6, 6.07) is 2.98. The van der Waals surface area contributed by atoms with Gasteiger partial charge in [0, 0.05) is 23.5 Å². The van der Waals surface area contributed by atoms with Gasteiger partial charge in [0.25, 0.3) is 5.91 Å². The van der Waals surface area contributed by atoms with Gasteiger partial charge in [-0.15, -0.1) is 0 Å². The van der Waals surface area contributed by atoms with Gasteiger partial charge >= 0.3 is 6.18 Å². The molecule has 2 saturated heterocycles. The molecule has 2 bridgehead atoms. The van der Waals surface area contributed by atoms with Crippen molar-refractivity contribution in [2.75, 3.05) is 0 Å². The van der Waals surface area contributed by atoms with Crippen LogP contribution in [-0.2, 0) is 6.18 Å². The summed E-state index contributed by atoms with van der Waals surface area (Å²) < 4.78 is 42.6. The lowest BCUT2D eigenvalue weighted by Gasteiger charge is -2.21. The summed E-state index contributed by atoms with van der Waals surface area (Å²) >= 11 is 0. The highest BCUT2D eigenvalue weighted by molar-refractivity contribution is 5.95. The third-order valence-corrected chi connectivity index (χ3v) is 4.53. The van der Waals surface area contributed by atoms with Crippen LogP contribution in [0, 0.1) is 0 Å². The van der Waals surface area contributed by atoms with E-state index in [1.165, 1.54) is 6.07 Å². The monoisotopic (exact) mass is 325 g/mol. The Morgan fingerprint density at radius 1 is 1.35 bits per heavy atom. The number of carbonyl (C=O) groups is 1. The van der Waals surface area contributed by atoms with Crippen LogP contribution in [0.4, 0.5) is 13.2 Å². The number of amides is 1. The van der Waals surface area contributed by atoms with E-state index in [2.05, 4.69) is 15.6 Å². The largest absolute Gasteiger partial charge is 0.450 e. The number of aromatic nitrogens is 1. The average molecular weight is 325 g/mol. The molecule has 122 valence electrons. The van der Waals surface area contributed by atoms with Gasteiger partial charge in [0.2, 0.25) is 5.76 Å². The molecule has 2 aromatic heterocycles. The number of pyridine rings is 1. The molecule has 2 aliphatic rings. The van der Waals surface area contributed by atoms with Crippen molar-refractivity contribution in [1.29, 1.82) is 0 Å². The van der Waals surface area contributed by atoms with Crippen molar-refractivity contribution >= 4 is 16.9 Å². The van der Waals surface area contributed by atoms with Gasteiger partial charge in [-0.3, -0.25) is 4.79 Å². The van der Waals surface area contributed by atoms with E-state index in [9.17, 15) is 18.0 Å². The minimum Gasteiger partial charge on any atom is -0.450 e. The Morgan fingerprint density at radius 2 is 2.17 bits per heavy atom. The first-order valence-electron chi connectivity index (χ1n) is 7.44. The van der Waals surface area contributed by atoms with Gasteiger partial charge in [0.15, 0.2) is 5.58 Å². The molecule has 1 amide bonds. The molecule has 5 nitrogen and oxygen atoms in total. The van der Waals surface area contributed by atoms with Crippen LogP contribution in [0.15, 0.2) is 22.7 Å². The molecule has 0 saturated carbocycles. The van der Waals surface area contributed by atoms with E-state index < -0.39 is 11.9 Å². The van der Waals surface area contributed by atoms with E-state index in [1.807, 2.05) is 0 Å². The van der Waals surface area contributed by atoms with Crippen molar-refractivity contribution in [3.63, 3.8) is 0 Å². The van der Waals surface area contributed by atoms with Crippen LogP contribution in [-0.4, -0.2) is 29.0 Å². The van der Waals surface area contributed by atoms with Gasteiger partial charge in [-0.2, -0.15) is 13.2 Å². The van der Waals surface area contributed by atoms with E-state index in [1.54, 1.807) is 0 Å². The maximum Gasteiger partial charge on any atom is 0.449 e. The Morgan fingerprint density at radius 3 is 2.83 bits per heavy atom. The van der Waals surface area contributed by atoms with E-state index >= 15 is 0 Å². The van der Waals surface area contributed by atoms with E-state index in [-0.39, 0.29) is 34.7 Å². The summed E-state index contributed by atoms with van der Waals surface area (Å²) in [6.45, 7) is 0. The van der Waals surface area contributed by atoms with Crippen molar-refractivity contribution in [3.05, 3.63) is 29.8 Å². The molecular weight excluding hydrogens is 311 g/mol. The zero-order chi connectivity index (χ0) is 16.2. The van der Waals surface area contributed by atoms with Crippen LogP contribution >= 0.6 is 0 Å². The molecule has 0 aromatic carbocycles. The fourth-order valence-corrected chi connectivity index (χ4v) is 3.44. The molecule has 2 aromatic rings. The smallest absolute Gasteiger partial charge is 0.449 e. The molecule has 0 radical (unpaired) electrons. The lowest BCUT2D eigenvalue weighted by Crippen LogP contribution is -2.43. The third-order valence-electron chi connectivity index (χ3n) is 4.53. The van der Waals surface area contributed by atoms with Gasteiger partial charge in [-0.05, 0) is 31.4 Å². The van der Waals surface area contributed by atoms with Gasteiger partial charge < -0.3 is 15.1 Å².